The third-order valence-electron chi connectivity index (χ3n) is 5.08. The van der Waals surface area contributed by atoms with Gasteiger partial charge in [0.2, 0.25) is 0 Å². The first-order valence-electron chi connectivity index (χ1n) is 8.67. The Kier molecular flexibility index (Phi) is 4.73. The number of ether oxygens (including phenoxy) is 1. The Hall–Kier alpha value is -1.40. The molecule has 6 nitrogen and oxygen atoms in total. The summed E-state index contributed by atoms with van der Waals surface area (Å²) in [5.74, 6) is 1.67. The molecule has 1 aromatic heterocycles. The van der Waals surface area contributed by atoms with E-state index in [1.165, 1.54) is 6.42 Å². The molecule has 1 saturated heterocycles. The highest BCUT2D eigenvalue weighted by atomic mass is 16.5. The Morgan fingerprint density at radius 2 is 2.22 bits per heavy atom. The van der Waals surface area contributed by atoms with Crippen LogP contribution in [0.25, 0.3) is 0 Å². The van der Waals surface area contributed by atoms with Gasteiger partial charge in [0, 0.05) is 32.5 Å². The summed E-state index contributed by atoms with van der Waals surface area (Å²) in [4.78, 5) is 19.1. The molecule has 2 aliphatic heterocycles. The number of aromatic nitrogens is 2. The van der Waals surface area contributed by atoms with Crippen LogP contribution in [-0.2, 0) is 21.7 Å². The topological polar surface area (TPSA) is 59.4 Å². The molecule has 1 N–H and O–H groups in total. The SMILES string of the molecule is CNC(=O)C1Cn2ccnc2C2(CCN(CCC(C)C)CC2)O1. The maximum absolute atomic E-state index is 12.1. The Labute approximate surface area is 138 Å². The van der Waals surface area contributed by atoms with Crippen LogP contribution in [0, 0.1) is 5.92 Å². The number of likely N-dealkylation sites (tertiary alicyclic amines) is 1. The molecule has 0 aliphatic carbocycles. The average molecular weight is 320 g/mol. The van der Waals surface area contributed by atoms with Crippen LogP contribution >= 0.6 is 0 Å². The van der Waals surface area contributed by atoms with Crippen LogP contribution in [0.2, 0.25) is 0 Å². The van der Waals surface area contributed by atoms with Crippen LogP contribution < -0.4 is 5.32 Å². The third-order valence-corrected chi connectivity index (χ3v) is 5.08. The number of fused-ring (bicyclic) bond motifs is 2. The monoisotopic (exact) mass is 320 g/mol. The number of amides is 1. The number of piperidine rings is 1. The van der Waals surface area contributed by atoms with Gasteiger partial charge in [-0.15, -0.1) is 0 Å². The van der Waals surface area contributed by atoms with Crippen LogP contribution in [0.5, 0.6) is 0 Å². The standard InChI is InChI=1S/C17H28N4O2/c1-13(2)4-8-20-9-5-17(6-10-20)16-19-7-11-21(16)12-14(23-17)15(22)18-3/h7,11,13-14H,4-6,8-10,12H2,1-3H3,(H,18,22). The van der Waals surface area contributed by atoms with Crippen LogP contribution in [0.3, 0.4) is 0 Å². The predicted octanol–water partition coefficient (Wildman–Crippen LogP) is 1.37. The van der Waals surface area contributed by atoms with Crippen molar-refractivity contribution in [3.63, 3.8) is 0 Å². The van der Waals surface area contributed by atoms with Crippen molar-refractivity contribution in [2.75, 3.05) is 26.7 Å². The van der Waals surface area contributed by atoms with Gasteiger partial charge in [0.1, 0.15) is 11.4 Å². The number of hydrogen-bond acceptors (Lipinski definition) is 4. The Morgan fingerprint density at radius 1 is 1.48 bits per heavy atom. The van der Waals surface area contributed by atoms with Crippen LogP contribution in [-0.4, -0.2) is 53.1 Å². The van der Waals surface area contributed by atoms with Crippen molar-refractivity contribution >= 4 is 5.91 Å². The number of nitrogens with zero attached hydrogens (tertiary/aromatic N) is 3. The van der Waals surface area contributed by atoms with Crippen molar-refractivity contribution in [1.82, 2.24) is 19.8 Å². The average Bonchev–Trinajstić information content (AvgIpc) is 3.03. The fourth-order valence-corrected chi connectivity index (χ4v) is 3.61. The van der Waals surface area contributed by atoms with Crippen molar-refractivity contribution in [1.29, 1.82) is 0 Å². The van der Waals surface area contributed by atoms with E-state index >= 15 is 0 Å². The molecular formula is C17H28N4O2. The molecular weight excluding hydrogens is 292 g/mol. The van der Waals surface area contributed by atoms with E-state index in [4.69, 9.17) is 4.74 Å². The fraction of sp³-hybridized carbons (Fsp3) is 0.765. The summed E-state index contributed by atoms with van der Waals surface area (Å²) in [6.45, 7) is 8.22. The third kappa shape index (κ3) is 3.28. The fourth-order valence-electron chi connectivity index (χ4n) is 3.61. The van der Waals surface area contributed by atoms with Gasteiger partial charge in [0.25, 0.3) is 5.91 Å². The van der Waals surface area contributed by atoms with Gasteiger partial charge in [-0.05, 0) is 31.7 Å². The quantitative estimate of drug-likeness (QED) is 0.910. The lowest BCUT2D eigenvalue weighted by atomic mass is 9.88. The molecule has 0 bridgehead atoms. The Morgan fingerprint density at radius 3 is 2.87 bits per heavy atom. The lowest BCUT2D eigenvalue weighted by molar-refractivity contribution is -0.173. The first kappa shape index (κ1) is 16.5. The smallest absolute Gasteiger partial charge is 0.250 e. The highest BCUT2D eigenvalue weighted by molar-refractivity contribution is 5.80. The zero-order valence-electron chi connectivity index (χ0n) is 14.4. The van der Waals surface area contributed by atoms with Gasteiger partial charge in [-0.3, -0.25) is 4.79 Å². The van der Waals surface area contributed by atoms with E-state index < -0.39 is 11.7 Å². The van der Waals surface area contributed by atoms with E-state index in [0.717, 1.165) is 44.2 Å². The molecule has 0 radical (unpaired) electrons. The summed E-state index contributed by atoms with van der Waals surface area (Å²) in [6, 6.07) is 0. The normalized spacial score (nSPS) is 23.9. The molecule has 3 rings (SSSR count). The molecule has 128 valence electrons. The van der Waals surface area contributed by atoms with Crippen LogP contribution in [0.1, 0.15) is 38.9 Å². The molecule has 1 aromatic rings. The lowest BCUT2D eigenvalue weighted by Crippen LogP contribution is -2.53. The van der Waals surface area contributed by atoms with Crippen molar-refractivity contribution in [2.24, 2.45) is 5.92 Å². The Balaban J connectivity index is 1.73. The summed E-state index contributed by atoms with van der Waals surface area (Å²) < 4.78 is 8.39. The summed E-state index contributed by atoms with van der Waals surface area (Å²) >= 11 is 0. The minimum Gasteiger partial charge on any atom is -0.357 e. The number of likely N-dealkylation sites (N-methyl/N-ethyl adjacent to an activating group) is 1. The van der Waals surface area contributed by atoms with E-state index in [9.17, 15) is 4.79 Å². The molecule has 1 unspecified atom stereocenters. The highest BCUT2D eigenvalue weighted by Gasteiger charge is 2.46. The second kappa shape index (κ2) is 6.61. The zero-order chi connectivity index (χ0) is 16.4. The number of imidazole rings is 1. The van der Waals surface area contributed by atoms with Crippen molar-refractivity contribution in [2.45, 2.75) is 51.4 Å². The molecule has 0 saturated carbocycles. The first-order valence-corrected chi connectivity index (χ1v) is 8.67. The minimum atomic E-state index is -0.427. The molecule has 6 heteroatoms. The van der Waals surface area contributed by atoms with E-state index in [1.807, 2.05) is 12.4 Å². The van der Waals surface area contributed by atoms with Gasteiger partial charge >= 0.3 is 0 Å². The van der Waals surface area contributed by atoms with E-state index in [0.29, 0.717) is 6.54 Å². The molecule has 1 spiro atoms. The molecule has 0 aromatic carbocycles. The number of nitrogens with one attached hydrogen (secondary N) is 1. The van der Waals surface area contributed by atoms with Crippen molar-refractivity contribution in [3.05, 3.63) is 18.2 Å². The number of carbonyl (C=O) groups is 1. The van der Waals surface area contributed by atoms with Gasteiger partial charge in [-0.1, -0.05) is 13.8 Å². The predicted molar refractivity (Wildman–Crippen MR) is 88.0 cm³/mol. The maximum Gasteiger partial charge on any atom is 0.250 e. The van der Waals surface area contributed by atoms with E-state index in [-0.39, 0.29) is 5.91 Å². The Bertz CT molecular complexity index is 547. The molecule has 1 amide bonds. The van der Waals surface area contributed by atoms with Gasteiger partial charge in [-0.25, -0.2) is 4.98 Å². The summed E-state index contributed by atoms with van der Waals surface area (Å²) in [5.41, 5.74) is -0.409. The summed E-state index contributed by atoms with van der Waals surface area (Å²) in [5, 5.41) is 2.71. The number of carbonyl (C=O) groups excluding carboxylic acids is 1. The molecule has 23 heavy (non-hydrogen) atoms. The highest BCUT2D eigenvalue weighted by Crippen LogP contribution is 2.40. The second-order valence-electron chi connectivity index (χ2n) is 7.14. The largest absolute Gasteiger partial charge is 0.357 e. The summed E-state index contributed by atoms with van der Waals surface area (Å²) in [7, 11) is 1.66. The molecule has 2 aliphatic rings. The first-order chi connectivity index (χ1) is 11.0. The van der Waals surface area contributed by atoms with E-state index in [2.05, 4.69) is 33.6 Å². The van der Waals surface area contributed by atoms with Gasteiger partial charge < -0.3 is 19.5 Å². The number of rotatable bonds is 4. The van der Waals surface area contributed by atoms with Gasteiger partial charge in [0.05, 0.1) is 6.54 Å². The zero-order valence-corrected chi connectivity index (χ0v) is 14.4. The van der Waals surface area contributed by atoms with Crippen molar-refractivity contribution < 1.29 is 9.53 Å². The van der Waals surface area contributed by atoms with E-state index in [1.54, 1.807) is 7.05 Å². The minimum absolute atomic E-state index is 0.0500. The molecule has 3 heterocycles. The molecule has 1 fully saturated rings. The van der Waals surface area contributed by atoms with Gasteiger partial charge in [-0.2, -0.15) is 0 Å². The van der Waals surface area contributed by atoms with Crippen LogP contribution in [0.15, 0.2) is 12.4 Å². The lowest BCUT2D eigenvalue weighted by Gasteiger charge is -2.45. The maximum atomic E-state index is 12.1. The molecule has 1 atom stereocenters. The number of hydrogen-bond donors (Lipinski definition) is 1. The van der Waals surface area contributed by atoms with Crippen LogP contribution in [0.4, 0.5) is 0 Å². The second-order valence-corrected chi connectivity index (χ2v) is 7.14. The van der Waals surface area contributed by atoms with Gasteiger partial charge in [0.15, 0.2) is 6.10 Å². The summed E-state index contributed by atoms with van der Waals surface area (Å²) in [6.07, 6.45) is 6.37. The van der Waals surface area contributed by atoms with Crippen molar-refractivity contribution in [3.8, 4) is 0 Å².